The molecule has 0 bridgehead atoms. The molecule has 0 fully saturated rings. The third-order valence-electron chi connectivity index (χ3n) is 3.26. The van der Waals surface area contributed by atoms with Crippen molar-refractivity contribution in [3.8, 4) is 11.3 Å². The molecule has 0 unspecified atom stereocenters. The van der Waals surface area contributed by atoms with Crippen LogP contribution in [0.3, 0.4) is 0 Å². The van der Waals surface area contributed by atoms with Crippen LogP contribution >= 0.6 is 11.6 Å². The first kappa shape index (κ1) is 12.7. The molecule has 0 spiro atoms. The van der Waals surface area contributed by atoms with Gasteiger partial charge in [0.05, 0.1) is 11.1 Å². The van der Waals surface area contributed by atoms with Gasteiger partial charge < -0.3 is 5.11 Å². The van der Waals surface area contributed by atoms with Crippen LogP contribution in [0.5, 0.6) is 0 Å². The van der Waals surface area contributed by atoms with Gasteiger partial charge in [-0.2, -0.15) is 5.10 Å². The van der Waals surface area contributed by atoms with Gasteiger partial charge in [-0.3, -0.25) is 5.10 Å². The average molecular weight is 287 g/mol. The minimum absolute atomic E-state index is 0.232. The molecule has 0 aliphatic carbocycles. The van der Waals surface area contributed by atoms with Gasteiger partial charge in [0.15, 0.2) is 0 Å². The molecule has 4 nitrogen and oxygen atoms in total. The number of nitrogens with one attached hydrogen (secondary N) is 1. The van der Waals surface area contributed by atoms with Crippen LogP contribution in [0.4, 0.5) is 0 Å². The van der Waals surface area contributed by atoms with Gasteiger partial charge in [-0.1, -0.05) is 17.7 Å². The van der Waals surface area contributed by atoms with Crippen molar-refractivity contribution in [1.29, 1.82) is 0 Å². The van der Waals surface area contributed by atoms with Crippen molar-refractivity contribution in [2.45, 2.75) is 6.92 Å². The maximum absolute atomic E-state index is 11.0. The fourth-order valence-electron chi connectivity index (χ4n) is 2.21. The van der Waals surface area contributed by atoms with Crippen molar-refractivity contribution in [3.63, 3.8) is 0 Å². The molecule has 1 heterocycles. The molecule has 0 aliphatic rings. The third-order valence-corrected chi connectivity index (χ3v) is 3.50. The number of aromatic carboxylic acids is 1. The maximum Gasteiger partial charge on any atom is 0.335 e. The smallest absolute Gasteiger partial charge is 0.335 e. The first-order valence-electron chi connectivity index (χ1n) is 6.04. The SMILES string of the molecule is Cc1ccc(Cl)cc1-c1n[nH]c2cc(C(=O)O)ccc12. The maximum atomic E-state index is 11.0. The summed E-state index contributed by atoms with van der Waals surface area (Å²) in [6.45, 7) is 1.98. The Morgan fingerprint density at radius 3 is 2.80 bits per heavy atom. The molecule has 0 radical (unpaired) electrons. The number of rotatable bonds is 2. The molecule has 2 aromatic carbocycles. The molecule has 20 heavy (non-hydrogen) atoms. The Morgan fingerprint density at radius 2 is 2.05 bits per heavy atom. The molecule has 0 saturated carbocycles. The predicted octanol–water partition coefficient (Wildman–Crippen LogP) is 3.89. The Kier molecular flexibility index (Phi) is 2.95. The number of hydrogen-bond donors (Lipinski definition) is 2. The van der Waals surface area contributed by atoms with E-state index in [9.17, 15) is 4.79 Å². The number of fused-ring (bicyclic) bond motifs is 1. The van der Waals surface area contributed by atoms with E-state index in [0.29, 0.717) is 10.5 Å². The van der Waals surface area contributed by atoms with Crippen LogP contribution in [-0.4, -0.2) is 21.3 Å². The molecular formula is C15H11ClN2O2. The summed E-state index contributed by atoms with van der Waals surface area (Å²) in [5.74, 6) is -0.956. The van der Waals surface area contributed by atoms with E-state index in [-0.39, 0.29) is 5.56 Å². The highest BCUT2D eigenvalue weighted by molar-refractivity contribution is 6.31. The first-order valence-corrected chi connectivity index (χ1v) is 6.42. The van der Waals surface area contributed by atoms with E-state index >= 15 is 0 Å². The van der Waals surface area contributed by atoms with Gasteiger partial charge in [0.25, 0.3) is 0 Å². The fourth-order valence-corrected chi connectivity index (χ4v) is 2.38. The minimum Gasteiger partial charge on any atom is -0.478 e. The highest BCUT2D eigenvalue weighted by atomic mass is 35.5. The lowest BCUT2D eigenvalue weighted by Gasteiger charge is -2.04. The summed E-state index contributed by atoms with van der Waals surface area (Å²) >= 11 is 6.04. The van der Waals surface area contributed by atoms with E-state index in [1.165, 1.54) is 0 Å². The highest BCUT2D eigenvalue weighted by Crippen LogP contribution is 2.31. The van der Waals surface area contributed by atoms with Crippen LogP contribution in [0.2, 0.25) is 5.02 Å². The van der Waals surface area contributed by atoms with E-state index in [4.69, 9.17) is 16.7 Å². The molecule has 0 amide bonds. The number of halogens is 1. The summed E-state index contributed by atoms with van der Waals surface area (Å²) in [6, 6.07) is 10.5. The molecule has 0 saturated heterocycles. The van der Waals surface area contributed by atoms with Gasteiger partial charge in [0, 0.05) is 16.0 Å². The predicted molar refractivity (Wildman–Crippen MR) is 78.2 cm³/mol. The second-order valence-corrected chi connectivity index (χ2v) is 5.03. The highest BCUT2D eigenvalue weighted by Gasteiger charge is 2.12. The number of carboxylic acids is 1. The van der Waals surface area contributed by atoms with Crippen LogP contribution in [-0.2, 0) is 0 Å². The Balaban J connectivity index is 2.22. The Morgan fingerprint density at radius 1 is 1.25 bits per heavy atom. The summed E-state index contributed by atoms with van der Waals surface area (Å²) in [7, 11) is 0. The second kappa shape index (κ2) is 4.65. The van der Waals surface area contributed by atoms with Gasteiger partial charge >= 0.3 is 5.97 Å². The summed E-state index contributed by atoms with van der Waals surface area (Å²) < 4.78 is 0. The molecule has 3 rings (SSSR count). The molecule has 2 N–H and O–H groups in total. The fraction of sp³-hybridized carbons (Fsp3) is 0.0667. The van der Waals surface area contributed by atoms with Crippen molar-refractivity contribution in [3.05, 3.63) is 52.5 Å². The zero-order valence-corrected chi connectivity index (χ0v) is 11.4. The Hall–Kier alpha value is -2.33. The number of H-pyrrole nitrogens is 1. The number of hydrogen-bond acceptors (Lipinski definition) is 2. The van der Waals surface area contributed by atoms with Gasteiger partial charge in [0.1, 0.15) is 5.69 Å². The lowest BCUT2D eigenvalue weighted by atomic mass is 10.0. The van der Waals surface area contributed by atoms with Crippen molar-refractivity contribution < 1.29 is 9.90 Å². The van der Waals surface area contributed by atoms with Crippen molar-refractivity contribution in [1.82, 2.24) is 10.2 Å². The molecule has 0 aliphatic heterocycles. The van der Waals surface area contributed by atoms with Crippen LogP contribution in [0, 0.1) is 6.92 Å². The zero-order valence-electron chi connectivity index (χ0n) is 10.6. The van der Waals surface area contributed by atoms with Crippen LogP contribution < -0.4 is 0 Å². The summed E-state index contributed by atoms with van der Waals surface area (Å²) in [5.41, 5.74) is 3.70. The number of benzene rings is 2. The van der Waals surface area contributed by atoms with Crippen molar-refractivity contribution >= 4 is 28.5 Å². The van der Waals surface area contributed by atoms with Crippen LogP contribution in [0.15, 0.2) is 36.4 Å². The van der Waals surface area contributed by atoms with E-state index in [0.717, 1.165) is 22.2 Å². The summed E-state index contributed by atoms with van der Waals surface area (Å²) in [5, 5.41) is 17.7. The molecular weight excluding hydrogens is 276 g/mol. The summed E-state index contributed by atoms with van der Waals surface area (Å²) in [4.78, 5) is 11.0. The third kappa shape index (κ3) is 2.04. The Bertz CT molecular complexity index is 824. The van der Waals surface area contributed by atoms with Gasteiger partial charge in [0.2, 0.25) is 0 Å². The van der Waals surface area contributed by atoms with E-state index in [1.807, 2.05) is 25.1 Å². The second-order valence-electron chi connectivity index (χ2n) is 4.60. The lowest BCUT2D eigenvalue weighted by molar-refractivity contribution is 0.0697. The quantitative estimate of drug-likeness (QED) is 0.751. The molecule has 3 aromatic rings. The van der Waals surface area contributed by atoms with Crippen LogP contribution in [0.1, 0.15) is 15.9 Å². The number of aromatic amines is 1. The largest absolute Gasteiger partial charge is 0.478 e. The lowest BCUT2D eigenvalue weighted by Crippen LogP contribution is -1.94. The first-order chi connectivity index (χ1) is 9.56. The number of aryl methyl sites for hydroxylation is 1. The van der Waals surface area contributed by atoms with Gasteiger partial charge in [-0.15, -0.1) is 0 Å². The Labute approximate surface area is 120 Å². The van der Waals surface area contributed by atoms with E-state index in [1.54, 1.807) is 18.2 Å². The molecule has 5 heteroatoms. The van der Waals surface area contributed by atoms with Gasteiger partial charge in [-0.05, 0) is 42.8 Å². The normalized spacial score (nSPS) is 10.9. The van der Waals surface area contributed by atoms with E-state index in [2.05, 4.69) is 10.2 Å². The monoisotopic (exact) mass is 286 g/mol. The number of nitrogens with zero attached hydrogens (tertiary/aromatic N) is 1. The number of carboxylic acid groups (broad SMARTS) is 1. The van der Waals surface area contributed by atoms with Crippen molar-refractivity contribution in [2.75, 3.05) is 0 Å². The number of carbonyl (C=O) groups is 1. The van der Waals surface area contributed by atoms with E-state index < -0.39 is 5.97 Å². The van der Waals surface area contributed by atoms with Gasteiger partial charge in [-0.25, -0.2) is 4.79 Å². The zero-order chi connectivity index (χ0) is 14.3. The summed E-state index contributed by atoms with van der Waals surface area (Å²) in [6.07, 6.45) is 0. The van der Waals surface area contributed by atoms with Crippen molar-refractivity contribution in [2.24, 2.45) is 0 Å². The minimum atomic E-state index is -0.956. The average Bonchev–Trinajstić information content (AvgIpc) is 2.84. The standard InChI is InChI=1S/C15H11ClN2O2/c1-8-2-4-10(16)7-12(8)14-11-5-3-9(15(19)20)6-13(11)17-18-14/h2-7H,1H3,(H,17,18)(H,19,20). The molecule has 1 aromatic heterocycles. The molecule has 0 atom stereocenters. The number of aromatic nitrogens is 2. The molecule has 100 valence electrons. The van der Waals surface area contributed by atoms with Crippen LogP contribution in [0.25, 0.3) is 22.2 Å². The topological polar surface area (TPSA) is 66.0 Å².